The van der Waals surface area contributed by atoms with Crippen molar-refractivity contribution in [2.75, 3.05) is 25.1 Å². The van der Waals surface area contributed by atoms with Crippen LogP contribution in [0.5, 0.6) is 5.75 Å². The van der Waals surface area contributed by atoms with E-state index in [1.54, 1.807) is 6.07 Å². The van der Waals surface area contributed by atoms with Crippen LogP contribution in [0.15, 0.2) is 48.8 Å². The summed E-state index contributed by atoms with van der Waals surface area (Å²) in [4.78, 5) is 10.8. The lowest BCUT2D eigenvalue weighted by molar-refractivity contribution is 0.388. The van der Waals surface area contributed by atoms with Crippen molar-refractivity contribution in [3.8, 4) is 5.75 Å². The Morgan fingerprint density at radius 3 is 2.63 bits per heavy atom. The average Bonchev–Trinajstić information content (AvgIpc) is 2.73. The van der Waals surface area contributed by atoms with Crippen molar-refractivity contribution in [3.05, 3.63) is 60.2 Å². The van der Waals surface area contributed by atoms with E-state index in [4.69, 9.17) is 4.74 Å². The molecule has 0 spiro atoms. The number of nitrogens with one attached hydrogen (secondary N) is 1. The van der Waals surface area contributed by atoms with Crippen LogP contribution in [0.4, 0.5) is 10.2 Å². The van der Waals surface area contributed by atoms with Crippen LogP contribution in [-0.2, 0) is 6.54 Å². The zero-order valence-electron chi connectivity index (χ0n) is 15.4. The molecule has 1 aliphatic heterocycles. The number of benzene rings is 2. The van der Waals surface area contributed by atoms with Crippen LogP contribution < -0.4 is 15.0 Å². The zero-order valence-corrected chi connectivity index (χ0v) is 15.4. The molecule has 0 unspecified atom stereocenters. The van der Waals surface area contributed by atoms with Crippen LogP contribution in [0, 0.1) is 5.82 Å². The van der Waals surface area contributed by atoms with Crippen molar-refractivity contribution in [1.82, 2.24) is 15.3 Å². The molecular weight excluding hydrogens is 343 g/mol. The molecule has 27 heavy (non-hydrogen) atoms. The highest BCUT2D eigenvalue weighted by molar-refractivity contribution is 5.90. The van der Waals surface area contributed by atoms with Crippen LogP contribution in [-0.4, -0.2) is 36.2 Å². The number of aromatic nitrogens is 2. The minimum absolute atomic E-state index is 0.205. The van der Waals surface area contributed by atoms with Crippen LogP contribution >= 0.6 is 0 Å². The van der Waals surface area contributed by atoms with E-state index in [0.29, 0.717) is 11.6 Å². The van der Waals surface area contributed by atoms with Gasteiger partial charge in [0.25, 0.3) is 0 Å². The van der Waals surface area contributed by atoms with E-state index in [-0.39, 0.29) is 5.75 Å². The summed E-state index contributed by atoms with van der Waals surface area (Å²) >= 11 is 0. The molecular formula is C21H23FN4O. The van der Waals surface area contributed by atoms with E-state index in [0.717, 1.165) is 43.7 Å². The zero-order chi connectivity index (χ0) is 18.6. The number of halogens is 1. The Hall–Kier alpha value is -2.73. The van der Waals surface area contributed by atoms with Crippen LogP contribution in [0.3, 0.4) is 0 Å². The van der Waals surface area contributed by atoms with Gasteiger partial charge in [-0.15, -0.1) is 0 Å². The average molecular weight is 366 g/mol. The fourth-order valence-corrected chi connectivity index (χ4v) is 3.63. The van der Waals surface area contributed by atoms with Crippen molar-refractivity contribution < 1.29 is 9.13 Å². The van der Waals surface area contributed by atoms with Crippen LogP contribution in [0.2, 0.25) is 0 Å². The highest BCUT2D eigenvalue weighted by Gasteiger charge is 2.22. The van der Waals surface area contributed by atoms with Crippen molar-refractivity contribution in [2.24, 2.45) is 0 Å². The largest absolute Gasteiger partial charge is 0.494 e. The molecule has 0 amide bonds. The third kappa shape index (κ3) is 3.71. The minimum atomic E-state index is -0.432. The topological polar surface area (TPSA) is 50.3 Å². The van der Waals surface area contributed by atoms with Gasteiger partial charge in [-0.1, -0.05) is 30.3 Å². The molecule has 4 rings (SSSR count). The lowest BCUT2D eigenvalue weighted by atomic mass is 10.0. The van der Waals surface area contributed by atoms with Crippen molar-refractivity contribution in [3.63, 3.8) is 0 Å². The van der Waals surface area contributed by atoms with Crippen LogP contribution in [0.25, 0.3) is 10.9 Å². The lowest BCUT2D eigenvalue weighted by Crippen LogP contribution is -2.42. The van der Waals surface area contributed by atoms with Gasteiger partial charge in [0, 0.05) is 31.1 Å². The molecule has 0 atom stereocenters. The number of fused-ring (bicyclic) bond motifs is 1. The molecule has 0 bridgehead atoms. The van der Waals surface area contributed by atoms with Crippen molar-refractivity contribution >= 4 is 16.7 Å². The molecule has 2 heterocycles. The summed E-state index contributed by atoms with van der Waals surface area (Å²) in [6.45, 7) is 2.64. The molecule has 5 nitrogen and oxygen atoms in total. The molecule has 0 aliphatic carbocycles. The highest BCUT2D eigenvalue weighted by Crippen LogP contribution is 2.31. The summed E-state index contributed by atoms with van der Waals surface area (Å²) in [6, 6.07) is 14.4. The first-order chi connectivity index (χ1) is 13.3. The molecule has 1 fully saturated rings. The summed E-state index contributed by atoms with van der Waals surface area (Å²) in [5.74, 6) is 0.567. The normalized spacial score (nSPS) is 15.3. The quantitative estimate of drug-likeness (QED) is 0.749. The standard InChI is InChI=1S/C21H23FN4O/c1-27-18-8-7-17-20(19(18)22)24-14-25-21(17)26-11-9-16(10-12-26)23-13-15-5-3-2-4-6-15/h2-8,14,16,23H,9-13H2,1H3. The van der Waals surface area contributed by atoms with E-state index < -0.39 is 5.82 Å². The maximum atomic E-state index is 14.5. The van der Waals surface area contributed by atoms with Crippen LogP contribution in [0.1, 0.15) is 18.4 Å². The number of hydrogen-bond acceptors (Lipinski definition) is 5. The van der Waals surface area contributed by atoms with E-state index in [1.807, 2.05) is 12.1 Å². The number of rotatable bonds is 5. The van der Waals surface area contributed by atoms with Gasteiger partial charge in [0.2, 0.25) is 0 Å². The fourth-order valence-electron chi connectivity index (χ4n) is 3.63. The molecule has 1 saturated heterocycles. The molecule has 6 heteroatoms. The predicted molar refractivity (Wildman–Crippen MR) is 105 cm³/mol. The monoisotopic (exact) mass is 366 g/mol. The van der Waals surface area contributed by atoms with Gasteiger partial charge in [-0.25, -0.2) is 14.4 Å². The van der Waals surface area contributed by atoms with Gasteiger partial charge in [0.15, 0.2) is 11.6 Å². The third-order valence-electron chi connectivity index (χ3n) is 5.14. The molecule has 1 aliphatic rings. The number of hydrogen-bond donors (Lipinski definition) is 1. The predicted octanol–water partition coefficient (Wildman–Crippen LogP) is 3.54. The fraction of sp³-hybridized carbons (Fsp3) is 0.333. The molecule has 2 aromatic carbocycles. The van der Waals surface area contributed by atoms with E-state index in [2.05, 4.69) is 44.5 Å². The molecule has 140 valence electrons. The third-order valence-corrected chi connectivity index (χ3v) is 5.14. The summed E-state index contributed by atoms with van der Waals surface area (Å²) in [6.07, 6.45) is 3.48. The Morgan fingerprint density at radius 2 is 1.89 bits per heavy atom. The highest BCUT2D eigenvalue weighted by atomic mass is 19.1. The minimum Gasteiger partial charge on any atom is -0.494 e. The molecule has 0 saturated carbocycles. The molecule has 0 radical (unpaired) electrons. The maximum absolute atomic E-state index is 14.5. The summed E-state index contributed by atoms with van der Waals surface area (Å²) in [5, 5.41) is 4.36. The second kappa shape index (κ2) is 7.88. The Morgan fingerprint density at radius 1 is 1.11 bits per heavy atom. The number of anilines is 1. The van der Waals surface area contributed by atoms with Gasteiger partial charge < -0.3 is 15.0 Å². The Bertz CT molecular complexity index is 911. The second-order valence-electron chi connectivity index (χ2n) is 6.80. The van der Waals surface area contributed by atoms with E-state index in [9.17, 15) is 4.39 Å². The maximum Gasteiger partial charge on any atom is 0.191 e. The molecule has 1 aromatic heterocycles. The number of methoxy groups -OCH3 is 1. The van der Waals surface area contributed by atoms with Gasteiger partial charge in [-0.3, -0.25) is 0 Å². The van der Waals surface area contributed by atoms with Gasteiger partial charge in [-0.2, -0.15) is 0 Å². The Labute approximate surface area is 158 Å². The van der Waals surface area contributed by atoms with Crippen molar-refractivity contribution in [2.45, 2.75) is 25.4 Å². The molecule has 3 aromatic rings. The van der Waals surface area contributed by atoms with E-state index in [1.165, 1.54) is 19.0 Å². The smallest absolute Gasteiger partial charge is 0.191 e. The van der Waals surface area contributed by atoms with Crippen molar-refractivity contribution in [1.29, 1.82) is 0 Å². The van der Waals surface area contributed by atoms with Gasteiger partial charge in [-0.05, 0) is 30.5 Å². The Balaban J connectivity index is 1.44. The number of piperidine rings is 1. The van der Waals surface area contributed by atoms with E-state index >= 15 is 0 Å². The Kier molecular flexibility index (Phi) is 5.16. The first kappa shape index (κ1) is 17.7. The number of ether oxygens (including phenoxy) is 1. The first-order valence-electron chi connectivity index (χ1n) is 9.25. The SMILES string of the molecule is COc1ccc2c(N3CCC(NCc4ccccc4)CC3)ncnc2c1F. The molecule has 1 N–H and O–H groups in total. The van der Waals surface area contributed by atoms with Gasteiger partial charge in [0.1, 0.15) is 17.7 Å². The van der Waals surface area contributed by atoms with Gasteiger partial charge >= 0.3 is 0 Å². The lowest BCUT2D eigenvalue weighted by Gasteiger charge is -2.33. The number of nitrogens with zero attached hydrogens (tertiary/aromatic N) is 3. The summed E-state index contributed by atoms with van der Waals surface area (Å²) < 4.78 is 19.6. The second-order valence-corrected chi connectivity index (χ2v) is 6.80. The first-order valence-corrected chi connectivity index (χ1v) is 9.25. The van der Waals surface area contributed by atoms with Gasteiger partial charge in [0.05, 0.1) is 7.11 Å². The summed E-state index contributed by atoms with van der Waals surface area (Å²) in [7, 11) is 1.46. The summed E-state index contributed by atoms with van der Waals surface area (Å²) in [5.41, 5.74) is 1.61.